The third kappa shape index (κ3) is 4.04. The highest BCUT2D eigenvalue weighted by Gasteiger charge is 2.31. The highest BCUT2D eigenvalue weighted by Crippen LogP contribution is 2.28. The molecule has 1 aromatic heterocycles. The average Bonchev–Trinajstić information content (AvgIpc) is 3.03. The quantitative estimate of drug-likeness (QED) is 0.824. The Morgan fingerprint density at radius 2 is 2.16 bits per heavy atom. The minimum Gasteiger partial charge on any atom is -0.378 e. The van der Waals surface area contributed by atoms with Gasteiger partial charge in [-0.05, 0) is 51.3 Å². The van der Waals surface area contributed by atoms with Gasteiger partial charge in [0.1, 0.15) is 0 Å². The third-order valence-electron chi connectivity index (χ3n) is 4.10. The van der Waals surface area contributed by atoms with Crippen LogP contribution in [0, 0.1) is 5.92 Å². The van der Waals surface area contributed by atoms with Crippen LogP contribution in [0.25, 0.3) is 0 Å². The molecule has 1 fully saturated rings. The van der Waals surface area contributed by atoms with Gasteiger partial charge in [-0.25, -0.2) is 0 Å². The monoisotopic (exact) mass is 281 g/mol. The molecule has 0 bridgehead atoms. The van der Waals surface area contributed by atoms with Gasteiger partial charge in [0.2, 0.25) is 0 Å². The molecule has 0 spiro atoms. The van der Waals surface area contributed by atoms with Crippen LogP contribution >= 0.6 is 11.3 Å². The van der Waals surface area contributed by atoms with Gasteiger partial charge in [0.15, 0.2) is 0 Å². The molecule has 2 heterocycles. The van der Waals surface area contributed by atoms with Gasteiger partial charge in [0.25, 0.3) is 0 Å². The summed E-state index contributed by atoms with van der Waals surface area (Å²) in [5, 5.41) is 3.74. The first-order valence-corrected chi connectivity index (χ1v) is 8.48. The summed E-state index contributed by atoms with van der Waals surface area (Å²) in [6, 6.07) is 5.16. The number of nitrogens with one attached hydrogen (secondary N) is 1. The summed E-state index contributed by atoms with van der Waals surface area (Å²) in [4.78, 5) is 3.02. The lowest BCUT2D eigenvalue weighted by atomic mass is 9.90. The van der Waals surface area contributed by atoms with E-state index in [-0.39, 0.29) is 0 Å². The van der Waals surface area contributed by atoms with Gasteiger partial charge >= 0.3 is 0 Å². The van der Waals surface area contributed by atoms with Crippen LogP contribution in [0.4, 0.5) is 0 Å². The SMILES string of the molecule is CCCNC(Cc1ccc(CC)s1)C1CCOC1C. The highest BCUT2D eigenvalue weighted by atomic mass is 32.1. The minimum absolute atomic E-state index is 0.403. The van der Waals surface area contributed by atoms with Crippen LogP contribution in [0.3, 0.4) is 0 Å². The molecule has 3 unspecified atom stereocenters. The second kappa shape index (κ2) is 7.41. The maximum absolute atomic E-state index is 5.75. The molecule has 1 aliphatic heterocycles. The fraction of sp³-hybridized carbons (Fsp3) is 0.750. The lowest BCUT2D eigenvalue weighted by molar-refractivity contribution is 0.0955. The standard InChI is InChI=1S/C16H27NOS/c1-4-9-17-16(15-8-10-18-12(15)3)11-14-7-6-13(5-2)19-14/h6-7,12,15-17H,4-5,8-11H2,1-3H3. The van der Waals surface area contributed by atoms with Gasteiger partial charge in [0, 0.05) is 28.3 Å². The largest absolute Gasteiger partial charge is 0.378 e. The molecule has 0 radical (unpaired) electrons. The van der Waals surface area contributed by atoms with Crippen molar-refractivity contribution < 1.29 is 4.74 Å². The summed E-state index contributed by atoms with van der Waals surface area (Å²) < 4.78 is 5.75. The topological polar surface area (TPSA) is 21.3 Å². The predicted molar refractivity (Wildman–Crippen MR) is 83.0 cm³/mol. The Kier molecular flexibility index (Phi) is 5.86. The lowest BCUT2D eigenvalue weighted by Crippen LogP contribution is -2.41. The maximum atomic E-state index is 5.75. The fourth-order valence-corrected chi connectivity index (χ4v) is 3.94. The van der Waals surface area contributed by atoms with Crippen LogP contribution in [0.5, 0.6) is 0 Å². The van der Waals surface area contributed by atoms with E-state index in [1.54, 1.807) is 0 Å². The van der Waals surface area contributed by atoms with Crippen molar-refractivity contribution in [3.8, 4) is 0 Å². The van der Waals surface area contributed by atoms with E-state index in [2.05, 4.69) is 38.2 Å². The van der Waals surface area contributed by atoms with Crippen molar-refractivity contribution in [1.29, 1.82) is 0 Å². The van der Waals surface area contributed by atoms with E-state index in [0.717, 1.165) is 26.0 Å². The Hall–Kier alpha value is -0.380. The predicted octanol–water partition coefficient (Wildman–Crippen LogP) is 3.65. The molecule has 0 saturated carbocycles. The second-order valence-corrected chi connectivity index (χ2v) is 6.77. The molecule has 1 aliphatic rings. The van der Waals surface area contributed by atoms with Crippen molar-refractivity contribution in [2.45, 2.75) is 58.6 Å². The van der Waals surface area contributed by atoms with Crippen LogP contribution in [0.1, 0.15) is 43.4 Å². The van der Waals surface area contributed by atoms with Crippen LogP contribution in [0.15, 0.2) is 12.1 Å². The summed E-state index contributed by atoms with van der Waals surface area (Å²) in [6.45, 7) is 8.74. The molecule has 108 valence electrons. The number of hydrogen-bond donors (Lipinski definition) is 1. The molecule has 2 rings (SSSR count). The molecule has 1 aromatic rings. The Balaban J connectivity index is 2.00. The van der Waals surface area contributed by atoms with Gasteiger partial charge in [-0.15, -0.1) is 11.3 Å². The lowest BCUT2D eigenvalue weighted by Gasteiger charge is -2.26. The molecule has 0 amide bonds. The zero-order valence-electron chi connectivity index (χ0n) is 12.4. The molecule has 1 N–H and O–H groups in total. The van der Waals surface area contributed by atoms with E-state index < -0.39 is 0 Å². The molecule has 3 atom stereocenters. The smallest absolute Gasteiger partial charge is 0.0590 e. The zero-order valence-corrected chi connectivity index (χ0v) is 13.3. The van der Waals surface area contributed by atoms with Crippen LogP contribution < -0.4 is 5.32 Å². The summed E-state index contributed by atoms with van der Waals surface area (Å²) >= 11 is 1.97. The first kappa shape index (κ1) is 15.0. The third-order valence-corrected chi connectivity index (χ3v) is 5.35. The molecule has 3 heteroatoms. The summed E-state index contributed by atoms with van der Waals surface area (Å²) in [6.07, 6.45) is 5.11. The van der Waals surface area contributed by atoms with E-state index >= 15 is 0 Å². The van der Waals surface area contributed by atoms with Gasteiger partial charge in [-0.1, -0.05) is 13.8 Å². The zero-order chi connectivity index (χ0) is 13.7. The van der Waals surface area contributed by atoms with Gasteiger partial charge in [0.05, 0.1) is 6.10 Å². The van der Waals surface area contributed by atoms with Crippen molar-refractivity contribution in [1.82, 2.24) is 5.32 Å². The Morgan fingerprint density at radius 3 is 2.74 bits per heavy atom. The Bertz CT molecular complexity index is 377. The normalized spacial score (nSPS) is 24.8. The summed E-state index contributed by atoms with van der Waals surface area (Å²) in [5.74, 6) is 0.665. The minimum atomic E-state index is 0.403. The maximum Gasteiger partial charge on any atom is 0.0590 e. The Morgan fingerprint density at radius 1 is 1.37 bits per heavy atom. The van der Waals surface area contributed by atoms with Crippen molar-refractivity contribution in [3.05, 3.63) is 21.9 Å². The van der Waals surface area contributed by atoms with Crippen molar-refractivity contribution in [2.75, 3.05) is 13.2 Å². The van der Waals surface area contributed by atoms with Crippen LogP contribution in [0.2, 0.25) is 0 Å². The van der Waals surface area contributed by atoms with Crippen molar-refractivity contribution in [3.63, 3.8) is 0 Å². The average molecular weight is 281 g/mol. The first-order chi connectivity index (χ1) is 9.24. The van der Waals surface area contributed by atoms with E-state index in [0.29, 0.717) is 18.1 Å². The van der Waals surface area contributed by atoms with E-state index in [9.17, 15) is 0 Å². The summed E-state index contributed by atoms with van der Waals surface area (Å²) in [5.41, 5.74) is 0. The first-order valence-electron chi connectivity index (χ1n) is 7.67. The highest BCUT2D eigenvalue weighted by molar-refractivity contribution is 7.11. The summed E-state index contributed by atoms with van der Waals surface area (Å²) in [7, 11) is 0. The van der Waals surface area contributed by atoms with Gasteiger partial charge in [-0.2, -0.15) is 0 Å². The number of rotatable bonds is 7. The van der Waals surface area contributed by atoms with Crippen LogP contribution in [-0.2, 0) is 17.6 Å². The van der Waals surface area contributed by atoms with E-state index in [1.807, 2.05) is 11.3 Å². The van der Waals surface area contributed by atoms with E-state index in [4.69, 9.17) is 4.74 Å². The molecule has 2 nitrogen and oxygen atoms in total. The fourth-order valence-electron chi connectivity index (χ4n) is 2.92. The van der Waals surface area contributed by atoms with Crippen molar-refractivity contribution in [2.24, 2.45) is 5.92 Å². The molecule has 1 saturated heterocycles. The molecular formula is C16H27NOS. The van der Waals surface area contributed by atoms with Gasteiger partial charge < -0.3 is 10.1 Å². The number of thiophene rings is 1. The molecule has 0 aromatic carbocycles. The number of ether oxygens (including phenoxy) is 1. The van der Waals surface area contributed by atoms with Crippen molar-refractivity contribution >= 4 is 11.3 Å². The number of hydrogen-bond acceptors (Lipinski definition) is 3. The van der Waals surface area contributed by atoms with Gasteiger partial charge in [-0.3, -0.25) is 0 Å². The molecule has 19 heavy (non-hydrogen) atoms. The van der Waals surface area contributed by atoms with E-state index in [1.165, 1.54) is 22.6 Å². The second-order valence-electron chi connectivity index (χ2n) is 5.51. The molecular weight excluding hydrogens is 254 g/mol. The Labute approximate surface area is 121 Å². The number of aryl methyl sites for hydroxylation is 1. The van der Waals surface area contributed by atoms with Crippen LogP contribution in [-0.4, -0.2) is 25.3 Å². The molecule has 0 aliphatic carbocycles.